The third-order valence-electron chi connectivity index (χ3n) is 6.02. The van der Waals surface area contributed by atoms with Crippen LogP contribution in [-0.4, -0.2) is 41.3 Å². The average molecular weight is 408 g/mol. The standard InChI is InChI=1S/C23H29N5O2/c24-22(29)19-15-26-21(13-20(19)25-14-16-5-1-2-6-16)27-18-9-7-17(8-10-18)23(30)28-11-3-4-12-28/h7-10,13,15-16H,1-6,11-12,14H2,(H2,24,29)(H2,25,26,27). The second-order valence-corrected chi connectivity index (χ2v) is 8.21. The van der Waals surface area contributed by atoms with Gasteiger partial charge in [-0.25, -0.2) is 4.98 Å². The summed E-state index contributed by atoms with van der Waals surface area (Å²) in [6.07, 6.45) is 8.65. The Hall–Kier alpha value is -3.09. The molecule has 2 heterocycles. The predicted octanol–water partition coefficient (Wildman–Crippen LogP) is 3.76. The van der Waals surface area contributed by atoms with Crippen molar-refractivity contribution >= 4 is 29.0 Å². The summed E-state index contributed by atoms with van der Waals surface area (Å²) in [7, 11) is 0. The Morgan fingerprint density at radius 1 is 1.07 bits per heavy atom. The maximum Gasteiger partial charge on any atom is 0.253 e. The van der Waals surface area contributed by atoms with Crippen molar-refractivity contribution in [2.75, 3.05) is 30.3 Å². The van der Waals surface area contributed by atoms with Crippen molar-refractivity contribution in [3.05, 3.63) is 47.7 Å². The molecule has 1 aliphatic carbocycles. The van der Waals surface area contributed by atoms with Gasteiger partial charge >= 0.3 is 0 Å². The highest BCUT2D eigenvalue weighted by atomic mass is 16.2. The molecule has 2 aliphatic rings. The number of aromatic nitrogens is 1. The van der Waals surface area contributed by atoms with Gasteiger partial charge in [-0.2, -0.15) is 0 Å². The number of carbonyl (C=O) groups is 2. The first kappa shape index (κ1) is 20.2. The van der Waals surface area contributed by atoms with Gasteiger partial charge in [-0.3, -0.25) is 9.59 Å². The summed E-state index contributed by atoms with van der Waals surface area (Å²) in [5.41, 5.74) is 8.14. The van der Waals surface area contributed by atoms with Crippen molar-refractivity contribution in [2.24, 2.45) is 11.7 Å². The molecule has 1 saturated heterocycles. The van der Waals surface area contributed by atoms with Gasteiger partial charge in [0.1, 0.15) is 5.82 Å². The number of nitrogens with two attached hydrogens (primary N) is 1. The molecule has 0 atom stereocenters. The van der Waals surface area contributed by atoms with Crippen LogP contribution in [0.5, 0.6) is 0 Å². The number of primary amides is 1. The smallest absolute Gasteiger partial charge is 0.253 e. The maximum atomic E-state index is 12.5. The summed E-state index contributed by atoms with van der Waals surface area (Å²) in [6.45, 7) is 2.51. The van der Waals surface area contributed by atoms with Gasteiger partial charge in [-0.15, -0.1) is 0 Å². The molecule has 7 nitrogen and oxygen atoms in total. The lowest BCUT2D eigenvalue weighted by atomic mass is 10.1. The number of rotatable bonds is 7. The monoisotopic (exact) mass is 407 g/mol. The molecule has 158 valence electrons. The van der Waals surface area contributed by atoms with E-state index in [1.165, 1.54) is 31.9 Å². The van der Waals surface area contributed by atoms with E-state index in [0.717, 1.165) is 38.2 Å². The average Bonchev–Trinajstić information content (AvgIpc) is 3.46. The van der Waals surface area contributed by atoms with Crippen LogP contribution in [0.1, 0.15) is 59.2 Å². The number of pyridine rings is 1. The lowest BCUT2D eigenvalue weighted by Crippen LogP contribution is -2.27. The normalized spacial score (nSPS) is 16.6. The van der Waals surface area contributed by atoms with Gasteiger partial charge < -0.3 is 21.3 Å². The zero-order chi connectivity index (χ0) is 20.9. The molecule has 1 saturated carbocycles. The van der Waals surface area contributed by atoms with Crippen molar-refractivity contribution in [3.8, 4) is 0 Å². The van der Waals surface area contributed by atoms with Gasteiger partial charge in [0.25, 0.3) is 11.8 Å². The van der Waals surface area contributed by atoms with E-state index in [4.69, 9.17) is 5.73 Å². The van der Waals surface area contributed by atoms with E-state index in [1.54, 1.807) is 0 Å². The molecule has 1 aromatic heterocycles. The van der Waals surface area contributed by atoms with E-state index in [-0.39, 0.29) is 5.91 Å². The Bertz CT molecular complexity index is 900. The second kappa shape index (κ2) is 9.15. The number of anilines is 3. The Morgan fingerprint density at radius 3 is 2.43 bits per heavy atom. The lowest BCUT2D eigenvalue weighted by molar-refractivity contribution is 0.0792. The Balaban J connectivity index is 1.44. The van der Waals surface area contributed by atoms with E-state index >= 15 is 0 Å². The van der Waals surface area contributed by atoms with Crippen LogP contribution in [0.15, 0.2) is 36.5 Å². The van der Waals surface area contributed by atoms with Gasteiger partial charge in [0.15, 0.2) is 0 Å². The zero-order valence-electron chi connectivity index (χ0n) is 17.2. The predicted molar refractivity (Wildman–Crippen MR) is 118 cm³/mol. The van der Waals surface area contributed by atoms with Gasteiger partial charge in [0, 0.05) is 43.1 Å². The first-order valence-electron chi connectivity index (χ1n) is 10.8. The van der Waals surface area contributed by atoms with Crippen molar-refractivity contribution in [2.45, 2.75) is 38.5 Å². The fourth-order valence-electron chi connectivity index (χ4n) is 4.28. The number of amides is 2. The third kappa shape index (κ3) is 4.72. The summed E-state index contributed by atoms with van der Waals surface area (Å²) in [6, 6.07) is 9.23. The lowest BCUT2D eigenvalue weighted by Gasteiger charge is -2.16. The minimum absolute atomic E-state index is 0.0846. The largest absolute Gasteiger partial charge is 0.384 e. The minimum atomic E-state index is -0.493. The van der Waals surface area contributed by atoms with Crippen LogP contribution in [-0.2, 0) is 0 Å². The summed E-state index contributed by atoms with van der Waals surface area (Å²) in [5, 5.41) is 6.63. The fourth-order valence-corrected chi connectivity index (χ4v) is 4.28. The highest BCUT2D eigenvalue weighted by molar-refractivity contribution is 5.98. The Labute approximate surface area is 177 Å². The summed E-state index contributed by atoms with van der Waals surface area (Å²) in [4.78, 5) is 30.5. The van der Waals surface area contributed by atoms with Gasteiger partial charge in [-0.05, 0) is 55.9 Å². The molecule has 4 rings (SSSR count). The van der Waals surface area contributed by atoms with Gasteiger partial charge in [0.05, 0.1) is 11.3 Å². The molecule has 0 unspecified atom stereocenters. The number of hydrogen-bond donors (Lipinski definition) is 3. The van der Waals surface area contributed by atoms with Crippen molar-refractivity contribution in [1.29, 1.82) is 0 Å². The molecule has 0 radical (unpaired) electrons. The molecule has 0 bridgehead atoms. The maximum absolute atomic E-state index is 12.5. The van der Waals surface area contributed by atoms with Crippen LogP contribution in [0, 0.1) is 5.92 Å². The van der Waals surface area contributed by atoms with Crippen LogP contribution >= 0.6 is 0 Å². The number of nitrogens with zero attached hydrogens (tertiary/aromatic N) is 2. The van der Waals surface area contributed by atoms with Gasteiger partial charge in [-0.1, -0.05) is 12.8 Å². The third-order valence-corrected chi connectivity index (χ3v) is 6.02. The highest BCUT2D eigenvalue weighted by Gasteiger charge is 2.19. The Kier molecular flexibility index (Phi) is 6.16. The zero-order valence-corrected chi connectivity index (χ0v) is 17.2. The van der Waals surface area contributed by atoms with E-state index in [2.05, 4.69) is 15.6 Å². The van der Waals surface area contributed by atoms with Crippen molar-refractivity contribution < 1.29 is 9.59 Å². The number of likely N-dealkylation sites (tertiary alicyclic amines) is 1. The van der Waals surface area contributed by atoms with Gasteiger partial charge in [0.2, 0.25) is 0 Å². The van der Waals surface area contributed by atoms with E-state index in [0.29, 0.717) is 28.6 Å². The van der Waals surface area contributed by atoms with Crippen LogP contribution in [0.4, 0.5) is 17.2 Å². The molecule has 30 heavy (non-hydrogen) atoms. The van der Waals surface area contributed by atoms with Crippen LogP contribution in [0.3, 0.4) is 0 Å². The topological polar surface area (TPSA) is 100 Å². The van der Waals surface area contributed by atoms with Crippen LogP contribution in [0.2, 0.25) is 0 Å². The number of nitrogens with one attached hydrogen (secondary N) is 2. The molecule has 1 aromatic carbocycles. The van der Waals surface area contributed by atoms with E-state index in [9.17, 15) is 9.59 Å². The molecular formula is C23H29N5O2. The summed E-state index contributed by atoms with van der Waals surface area (Å²) in [5.74, 6) is 0.845. The molecule has 4 N–H and O–H groups in total. The molecule has 7 heteroatoms. The Morgan fingerprint density at radius 2 is 1.77 bits per heavy atom. The SMILES string of the molecule is NC(=O)c1cnc(Nc2ccc(C(=O)N3CCCC3)cc2)cc1NCC1CCCC1. The first-order chi connectivity index (χ1) is 14.6. The molecule has 2 fully saturated rings. The molecule has 1 aliphatic heterocycles. The molecular weight excluding hydrogens is 378 g/mol. The molecule has 0 spiro atoms. The summed E-state index contributed by atoms with van der Waals surface area (Å²) < 4.78 is 0. The van der Waals surface area contributed by atoms with E-state index in [1.807, 2.05) is 35.2 Å². The van der Waals surface area contributed by atoms with Crippen molar-refractivity contribution in [1.82, 2.24) is 9.88 Å². The van der Waals surface area contributed by atoms with E-state index < -0.39 is 5.91 Å². The molecule has 2 aromatic rings. The van der Waals surface area contributed by atoms with Crippen molar-refractivity contribution in [3.63, 3.8) is 0 Å². The number of benzene rings is 1. The number of carbonyl (C=O) groups excluding carboxylic acids is 2. The fraction of sp³-hybridized carbons (Fsp3) is 0.435. The summed E-state index contributed by atoms with van der Waals surface area (Å²) >= 11 is 0. The highest BCUT2D eigenvalue weighted by Crippen LogP contribution is 2.27. The number of hydrogen-bond acceptors (Lipinski definition) is 5. The second-order valence-electron chi connectivity index (χ2n) is 8.21. The van der Waals surface area contributed by atoms with Crippen LogP contribution < -0.4 is 16.4 Å². The quantitative estimate of drug-likeness (QED) is 0.649. The van der Waals surface area contributed by atoms with Crippen LogP contribution in [0.25, 0.3) is 0 Å². The minimum Gasteiger partial charge on any atom is -0.384 e. The first-order valence-corrected chi connectivity index (χ1v) is 10.8. The molecule has 2 amide bonds.